The zero-order chi connectivity index (χ0) is 12.5. The number of carbonyl (C=O) groups is 1. The zero-order valence-corrected chi connectivity index (χ0v) is 10.5. The van der Waals surface area contributed by atoms with Crippen molar-refractivity contribution in [1.29, 1.82) is 0 Å². The summed E-state index contributed by atoms with van der Waals surface area (Å²) in [4.78, 5) is 11.3. The first kappa shape index (κ1) is 11.4. The Morgan fingerprint density at radius 2 is 2.22 bits per heavy atom. The van der Waals surface area contributed by atoms with Gasteiger partial charge in [-0.2, -0.15) is 0 Å². The summed E-state index contributed by atoms with van der Waals surface area (Å²) < 4.78 is 0. The molecule has 2 aliphatic rings. The van der Waals surface area contributed by atoms with E-state index in [-0.39, 0.29) is 5.91 Å². The van der Waals surface area contributed by atoms with Crippen molar-refractivity contribution < 1.29 is 4.79 Å². The minimum absolute atomic E-state index is 0.0519. The van der Waals surface area contributed by atoms with Crippen molar-refractivity contribution in [3.05, 3.63) is 17.7 Å². The Morgan fingerprint density at radius 1 is 1.39 bits per heavy atom. The maximum absolute atomic E-state index is 11.3. The average molecular weight is 245 g/mol. The van der Waals surface area contributed by atoms with Gasteiger partial charge in [0.15, 0.2) is 0 Å². The molecule has 1 aromatic carbocycles. The van der Waals surface area contributed by atoms with Crippen molar-refractivity contribution in [2.24, 2.45) is 5.92 Å². The third kappa shape index (κ3) is 2.15. The van der Waals surface area contributed by atoms with Crippen LogP contribution in [0, 0.1) is 5.92 Å². The number of nitrogen functional groups attached to an aromatic ring is 1. The van der Waals surface area contributed by atoms with Crippen molar-refractivity contribution >= 4 is 23.0 Å². The highest BCUT2D eigenvalue weighted by molar-refractivity contribution is 6.00. The molecule has 4 N–H and O–H groups in total. The van der Waals surface area contributed by atoms with Gasteiger partial charge in [-0.25, -0.2) is 0 Å². The lowest BCUT2D eigenvalue weighted by atomic mass is 9.83. The molecule has 1 saturated carbocycles. The molecule has 18 heavy (non-hydrogen) atoms. The van der Waals surface area contributed by atoms with Crippen LogP contribution in [-0.4, -0.2) is 12.5 Å². The van der Waals surface area contributed by atoms with E-state index in [0.717, 1.165) is 35.1 Å². The number of rotatable bonds is 4. The topological polar surface area (TPSA) is 67.2 Å². The first-order valence-corrected chi connectivity index (χ1v) is 6.68. The van der Waals surface area contributed by atoms with Crippen LogP contribution in [0.3, 0.4) is 0 Å². The van der Waals surface area contributed by atoms with Crippen molar-refractivity contribution in [2.45, 2.75) is 32.1 Å². The second-order valence-corrected chi connectivity index (χ2v) is 5.33. The second-order valence-electron chi connectivity index (χ2n) is 5.33. The maximum atomic E-state index is 11.3. The van der Waals surface area contributed by atoms with Gasteiger partial charge in [0.25, 0.3) is 0 Å². The Morgan fingerprint density at radius 3 is 2.94 bits per heavy atom. The van der Waals surface area contributed by atoms with E-state index < -0.39 is 0 Å². The highest BCUT2D eigenvalue weighted by Crippen LogP contribution is 2.32. The summed E-state index contributed by atoms with van der Waals surface area (Å²) in [5.41, 5.74) is 9.58. The van der Waals surface area contributed by atoms with E-state index in [4.69, 9.17) is 5.73 Å². The van der Waals surface area contributed by atoms with Crippen LogP contribution in [0.4, 0.5) is 17.1 Å². The molecule has 1 amide bonds. The average Bonchev–Trinajstić information content (AvgIpc) is 2.61. The quantitative estimate of drug-likeness (QED) is 0.713. The Labute approximate surface area is 107 Å². The minimum Gasteiger partial charge on any atom is -0.397 e. The van der Waals surface area contributed by atoms with Crippen LogP contribution in [0.25, 0.3) is 0 Å². The molecule has 4 heteroatoms. The zero-order valence-electron chi connectivity index (χ0n) is 10.5. The number of benzene rings is 1. The van der Waals surface area contributed by atoms with Gasteiger partial charge in [0.2, 0.25) is 5.91 Å². The summed E-state index contributed by atoms with van der Waals surface area (Å²) in [7, 11) is 0. The van der Waals surface area contributed by atoms with Gasteiger partial charge in [-0.1, -0.05) is 19.3 Å². The predicted octanol–water partition coefficient (Wildman–Crippen LogP) is 2.37. The number of anilines is 3. The number of fused-ring (bicyclic) bond motifs is 1. The van der Waals surface area contributed by atoms with Gasteiger partial charge in [0.05, 0.1) is 17.8 Å². The van der Waals surface area contributed by atoms with Crippen LogP contribution >= 0.6 is 0 Å². The summed E-state index contributed by atoms with van der Waals surface area (Å²) in [5, 5.41) is 6.23. The highest BCUT2D eigenvalue weighted by atomic mass is 16.1. The third-order valence-electron chi connectivity index (χ3n) is 3.99. The van der Waals surface area contributed by atoms with Gasteiger partial charge >= 0.3 is 0 Å². The van der Waals surface area contributed by atoms with Crippen molar-refractivity contribution in [1.82, 2.24) is 0 Å². The molecule has 0 saturated heterocycles. The van der Waals surface area contributed by atoms with Gasteiger partial charge in [-0.3, -0.25) is 4.79 Å². The summed E-state index contributed by atoms with van der Waals surface area (Å²) in [6, 6.07) is 3.86. The Balaban J connectivity index is 1.64. The summed E-state index contributed by atoms with van der Waals surface area (Å²) in [5.74, 6) is 0.948. The van der Waals surface area contributed by atoms with Crippen LogP contribution in [0.1, 0.15) is 31.2 Å². The predicted molar refractivity (Wildman–Crippen MR) is 73.6 cm³/mol. The molecule has 1 aliphatic carbocycles. The van der Waals surface area contributed by atoms with Crippen LogP contribution < -0.4 is 16.4 Å². The number of carbonyl (C=O) groups excluding carboxylic acids is 1. The molecule has 0 atom stereocenters. The Bertz CT molecular complexity index is 480. The van der Waals surface area contributed by atoms with E-state index >= 15 is 0 Å². The molecule has 96 valence electrons. The van der Waals surface area contributed by atoms with Gasteiger partial charge in [0, 0.05) is 12.2 Å². The molecule has 1 aliphatic heterocycles. The lowest BCUT2D eigenvalue weighted by Crippen LogP contribution is -2.16. The van der Waals surface area contributed by atoms with Crippen LogP contribution in [0.15, 0.2) is 12.1 Å². The number of nitrogens with two attached hydrogens (primary N) is 1. The Hall–Kier alpha value is -1.71. The lowest BCUT2D eigenvalue weighted by molar-refractivity contribution is -0.115. The number of hydrogen-bond donors (Lipinski definition) is 3. The molecular weight excluding hydrogens is 226 g/mol. The minimum atomic E-state index is 0.0519. The molecule has 3 rings (SSSR count). The number of nitrogens with one attached hydrogen (secondary N) is 2. The van der Waals surface area contributed by atoms with Crippen molar-refractivity contribution in [3.63, 3.8) is 0 Å². The van der Waals surface area contributed by atoms with E-state index in [9.17, 15) is 4.79 Å². The third-order valence-corrected chi connectivity index (χ3v) is 3.99. The van der Waals surface area contributed by atoms with E-state index in [0.29, 0.717) is 6.42 Å². The molecule has 0 aromatic heterocycles. The molecule has 0 radical (unpaired) electrons. The molecule has 1 fully saturated rings. The largest absolute Gasteiger partial charge is 0.397 e. The lowest BCUT2D eigenvalue weighted by Gasteiger charge is -2.25. The first-order chi connectivity index (χ1) is 8.72. The van der Waals surface area contributed by atoms with E-state index in [2.05, 4.69) is 10.6 Å². The monoisotopic (exact) mass is 245 g/mol. The SMILES string of the molecule is Nc1cc2c(cc1NCCC1CCC1)NC(=O)C2. The summed E-state index contributed by atoms with van der Waals surface area (Å²) in [6.07, 6.45) is 5.79. The molecule has 0 bridgehead atoms. The van der Waals surface area contributed by atoms with E-state index in [1.165, 1.54) is 25.7 Å². The fourth-order valence-electron chi connectivity index (χ4n) is 2.64. The van der Waals surface area contributed by atoms with Crippen molar-refractivity contribution in [3.8, 4) is 0 Å². The molecule has 1 heterocycles. The van der Waals surface area contributed by atoms with E-state index in [1.807, 2.05) is 12.1 Å². The van der Waals surface area contributed by atoms with Crippen molar-refractivity contribution in [2.75, 3.05) is 22.9 Å². The first-order valence-electron chi connectivity index (χ1n) is 6.68. The Kier molecular flexibility index (Phi) is 2.86. The van der Waals surface area contributed by atoms with Crippen LogP contribution in [-0.2, 0) is 11.2 Å². The van der Waals surface area contributed by atoms with Gasteiger partial charge in [-0.05, 0) is 30.0 Å². The molecule has 1 aromatic rings. The molecule has 0 spiro atoms. The fraction of sp³-hybridized carbons (Fsp3) is 0.500. The normalized spacial score (nSPS) is 18.1. The van der Waals surface area contributed by atoms with Crippen LogP contribution in [0.5, 0.6) is 0 Å². The summed E-state index contributed by atoms with van der Waals surface area (Å²) in [6.45, 7) is 0.960. The van der Waals surface area contributed by atoms with Gasteiger partial charge in [-0.15, -0.1) is 0 Å². The standard InChI is InChI=1S/C14H19N3O/c15-11-6-10-7-14(18)17-12(10)8-13(11)16-5-4-9-2-1-3-9/h6,8-9,16H,1-5,7,15H2,(H,17,18). The van der Waals surface area contributed by atoms with E-state index in [1.54, 1.807) is 0 Å². The summed E-state index contributed by atoms with van der Waals surface area (Å²) >= 11 is 0. The molecule has 4 nitrogen and oxygen atoms in total. The fourth-order valence-corrected chi connectivity index (χ4v) is 2.64. The maximum Gasteiger partial charge on any atom is 0.228 e. The smallest absolute Gasteiger partial charge is 0.228 e. The van der Waals surface area contributed by atoms with Gasteiger partial charge < -0.3 is 16.4 Å². The molecular formula is C14H19N3O. The van der Waals surface area contributed by atoms with Crippen LogP contribution in [0.2, 0.25) is 0 Å². The van der Waals surface area contributed by atoms with Gasteiger partial charge in [0.1, 0.15) is 0 Å². The number of amides is 1. The second kappa shape index (κ2) is 4.52. The highest BCUT2D eigenvalue weighted by Gasteiger charge is 2.20. The molecule has 0 unspecified atom stereocenters. The number of hydrogen-bond acceptors (Lipinski definition) is 3.